The Labute approximate surface area is 141 Å². The molecule has 0 aliphatic rings. The van der Waals surface area contributed by atoms with Gasteiger partial charge in [-0.25, -0.2) is 0 Å². The lowest BCUT2D eigenvalue weighted by Crippen LogP contribution is -2.23. The van der Waals surface area contributed by atoms with Crippen molar-refractivity contribution in [3.8, 4) is 0 Å². The quantitative estimate of drug-likeness (QED) is 0.686. The van der Waals surface area contributed by atoms with E-state index in [1.54, 1.807) is 11.8 Å². The normalized spacial score (nSPS) is 12.4. The van der Waals surface area contributed by atoms with Crippen molar-refractivity contribution >= 4 is 35.0 Å². The van der Waals surface area contributed by atoms with Crippen LogP contribution in [-0.2, 0) is 6.42 Å². The van der Waals surface area contributed by atoms with Gasteiger partial charge in [-0.1, -0.05) is 54.4 Å². The van der Waals surface area contributed by atoms with E-state index < -0.39 is 0 Å². The van der Waals surface area contributed by atoms with Crippen LogP contribution in [0.3, 0.4) is 0 Å². The van der Waals surface area contributed by atoms with Gasteiger partial charge in [-0.15, -0.1) is 11.8 Å². The van der Waals surface area contributed by atoms with Gasteiger partial charge in [0.2, 0.25) is 0 Å². The second-order valence-electron chi connectivity index (χ2n) is 4.79. The molecule has 1 nitrogen and oxygen atoms in total. The fourth-order valence-electron chi connectivity index (χ4n) is 2.40. The van der Waals surface area contributed by atoms with Crippen molar-refractivity contribution in [3.05, 3.63) is 63.6 Å². The first-order valence-electron chi connectivity index (χ1n) is 6.96. The van der Waals surface area contributed by atoms with Crippen LogP contribution in [0, 0.1) is 0 Å². The zero-order chi connectivity index (χ0) is 15.2. The summed E-state index contributed by atoms with van der Waals surface area (Å²) in [6.45, 7) is 3.04. The number of nitrogens with one attached hydrogen (secondary N) is 1. The summed E-state index contributed by atoms with van der Waals surface area (Å²) < 4.78 is 0. The van der Waals surface area contributed by atoms with Crippen molar-refractivity contribution in [2.24, 2.45) is 0 Å². The van der Waals surface area contributed by atoms with E-state index in [4.69, 9.17) is 23.2 Å². The molecule has 0 bridgehead atoms. The number of thioether (sulfide) groups is 1. The molecule has 2 aromatic rings. The van der Waals surface area contributed by atoms with Crippen LogP contribution in [-0.4, -0.2) is 12.8 Å². The first kappa shape index (κ1) is 16.7. The molecule has 0 saturated carbocycles. The molecule has 0 saturated heterocycles. The van der Waals surface area contributed by atoms with Gasteiger partial charge in [0.05, 0.1) is 0 Å². The van der Waals surface area contributed by atoms with E-state index in [0.717, 1.165) is 23.6 Å². The second kappa shape index (κ2) is 8.09. The van der Waals surface area contributed by atoms with Crippen molar-refractivity contribution in [3.63, 3.8) is 0 Å². The summed E-state index contributed by atoms with van der Waals surface area (Å²) in [7, 11) is 0. The summed E-state index contributed by atoms with van der Waals surface area (Å²) in [5.41, 5.74) is 2.43. The first-order valence-corrected chi connectivity index (χ1v) is 8.94. The number of hydrogen-bond donors (Lipinski definition) is 1. The van der Waals surface area contributed by atoms with Crippen LogP contribution >= 0.6 is 35.0 Å². The van der Waals surface area contributed by atoms with Crippen LogP contribution in [0.15, 0.2) is 47.4 Å². The van der Waals surface area contributed by atoms with E-state index in [0.29, 0.717) is 5.02 Å². The highest BCUT2D eigenvalue weighted by Crippen LogP contribution is 2.30. The minimum absolute atomic E-state index is 0.248. The van der Waals surface area contributed by atoms with Gasteiger partial charge in [0.25, 0.3) is 0 Å². The smallest absolute Gasteiger partial charge is 0.0453 e. The lowest BCUT2D eigenvalue weighted by molar-refractivity contribution is 0.542. The highest BCUT2D eigenvalue weighted by atomic mass is 35.5. The summed E-state index contributed by atoms with van der Waals surface area (Å²) in [5.74, 6) is 0. The Kier molecular flexibility index (Phi) is 6.43. The molecule has 0 aromatic heterocycles. The van der Waals surface area contributed by atoms with Crippen LogP contribution in [0.1, 0.15) is 24.1 Å². The van der Waals surface area contributed by atoms with E-state index in [2.05, 4.69) is 42.8 Å². The topological polar surface area (TPSA) is 12.0 Å². The summed E-state index contributed by atoms with van der Waals surface area (Å²) >= 11 is 14.1. The van der Waals surface area contributed by atoms with Crippen LogP contribution in [0.25, 0.3) is 0 Å². The van der Waals surface area contributed by atoms with Gasteiger partial charge in [0, 0.05) is 21.0 Å². The average molecular weight is 340 g/mol. The van der Waals surface area contributed by atoms with Crippen molar-refractivity contribution in [2.45, 2.75) is 24.3 Å². The molecule has 0 amide bonds. The van der Waals surface area contributed by atoms with Gasteiger partial charge in [0.15, 0.2) is 0 Å². The Morgan fingerprint density at radius 3 is 2.57 bits per heavy atom. The zero-order valence-corrected chi connectivity index (χ0v) is 14.5. The third-order valence-electron chi connectivity index (χ3n) is 3.40. The van der Waals surface area contributed by atoms with Gasteiger partial charge in [-0.2, -0.15) is 0 Å². The molecule has 1 atom stereocenters. The predicted octanol–water partition coefficient (Wildman–Crippen LogP) is 5.61. The number of hydrogen-bond acceptors (Lipinski definition) is 2. The molecule has 1 N–H and O–H groups in total. The first-order chi connectivity index (χ1) is 10.2. The Hall–Kier alpha value is -0.670. The molecule has 0 aliphatic carbocycles. The van der Waals surface area contributed by atoms with E-state index >= 15 is 0 Å². The van der Waals surface area contributed by atoms with Crippen LogP contribution in [0.4, 0.5) is 0 Å². The van der Waals surface area contributed by atoms with E-state index in [-0.39, 0.29) is 6.04 Å². The van der Waals surface area contributed by atoms with Crippen LogP contribution < -0.4 is 5.32 Å². The van der Waals surface area contributed by atoms with Gasteiger partial charge in [0.1, 0.15) is 0 Å². The molecule has 2 aromatic carbocycles. The van der Waals surface area contributed by atoms with Gasteiger partial charge in [-0.3, -0.25) is 0 Å². The Bertz CT molecular complexity index is 601. The summed E-state index contributed by atoms with van der Waals surface area (Å²) in [5, 5.41) is 4.96. The highest BCUT2D eigenvalue weighted by Gasteiger charge is 2.16. The van der Waals surface area contributed by atoms with Crippen molar-refractivity contribution in [2.75, 3.05) is 12.8 Å². The van der Waals surface area contributed by atoms with E-state index in [1.165, 1.54) is 10.5 Å². The molecule has 0 spiro atoms. The molecule has 2 rings (SSSR count). The monoisotopic (exact) mass is 339 g/mol. The van der Waals surface area contributed by atoms with Crippen LogP contribution in [0.5, 0.6) is 0 Å². The van der Waals surface area contributed by atoms with Gasteiger partial charge < -0.3 is 5.32 Å². The molecular formula is C17H19Cl2NS. The molecule has 1 unspecified atom stereocenters. The maximum atomic E-state index is 6.32. The third-order valence-corrected chi connectivity index (χ3v) is 4.80. The minimum Gasteiger partial charge on any atom is -0.310 e. The average Bonchev–Trinajstić information content (AvgIpc) is 2.49. The fourth-order valence-corrected chi connectivity index (χ4v) is 3.55. The minimum atomic E-state index is 0.248. The van der Waals surface area contributed by atoms with Crippen molar-refractivity contribution in [1.82, 2.24) is 5.32 Å². The molecule has 112 valence electrons. The Morgan fingerprint density at radius 1 is 1.14 bits per heavy atom. The fraction of sp³-hybridized carbons (Fsp3) is 0.294. The molecule has 0 aliphatic heterocycles. The maximum absolute atomic E-state index is 6.32. The third kappa shape index (κ3) is 4.40. The van der Waals surface area contributed by atoms with Gasteiger partial charge >= 0.3 is 0 Å². The second-order valence-corrected chi connectivity index (χ2v) is 6.48. The van der Waals surface area contributed by atoms with Gasteiger partial charge in [-0.05, 0) is 48.5 Å². The predicted molar refractivity (Wildman–Crippen MR) is 94.8 cm³/mol. The summed E-state index contributed by atoms with van der Waals surface area (Å²) in [6.07, 6.45) is 2.96. The zero-order valence-electron chi connectivity index (χ0n) is 12.2. The van der Waals surface area contributed by atoms with Crippen LogP contribution in [0.2, 0.25) is 10.0 Å². The maximum Gasteiger partial charge on any atom is 0.0453 e. The van der Waals surface area contributed by atoms with Crippen molar-refractivity contribution in [1.29, 1.82) is 0 Å². The summed E-state index contributed by atoms with van der Waals surface area (Å²) in [6, 6.07) is 14.5. The largest absolute Gasteiger partial charge is 0.310 e. The number of likely N-dealkylation sites (N-methyl/N-ethyl adjacent to an activating group) is 1. The van der Waals surface area contributed by atoms with E-state index in [1.807, 2.05) is 18.2 Å². The molecule has 4 heteroatoms. The molecule has 0 radical (unpaired) electrons. The number of benzene rings is 2. The number of rotatable bonds is 6. The lowest BCUT2D eigenvalue weighted by Gasteiger charge is -2.21. The molecule has 21 heavy (non-hydrogen) atoms. The number of halogens is 2. The molecular weight excluding hydrogens is 321 g/mol. The standard InChI is InChI=1S/C17H19Cl2NS/c1-3-20-16(14-6-4-5-7-17(14)21-2)10-12-8-9-13(18)11-15(12)19/h4-9,11,16,20H,3,10H2,1-2H3. The van der Waals surface area contributed by atoms with Crippen molar-refractivity contribution < 1.29 is 0 Å². The highest BCUT2D eigenvalue weighted by molar-refractivity contribution is 7.98. The summed E-state index contributed by atoms with van der Waals surface area (Å²) in [4.78, 5) is 1.30. The molecule has 0 fully saturated rings. The Morgan fingerprint density at radius 2 is 1.90 bits per heavy atom. The SMILES string of the molecule is CCNC(Cc1ccc(Cl)cc1Cl)c1ccccc1SC. The lowest BCUT2D eigenvalue weighted by atomic mass is 9.98. The Balaban J connectivity index is 2.30. The van der Waals surface area contributed by atoms with E-state index in [9.17, 15) is 0 Å². The molecule has 0 heterocycles.